The number of hydrogen-bond donors (Lipinski definition) is 2. The number of allylic oxidation sites excluding steroid dienone is 1. The Morgan fingerprint density at radius 3 is 2.44 bits per heavy atom. The van der Waals surface area contributed by atoms with E-state index in [1.54, 1.807) is 18.2 Å². The summed E-state index contributed by atoms with van der Waals surface area (Å²) >= 11 is 0. The van der Waals surface area contributed by atoms with Crippen LogP contribution in [0.4, 0.5) is 0 Å². The van der Waals surface area contributed by atoms with Crippen LogP contribution in [0.15, 0.2) is 30.3 Å². The van der Waals surface area contributed by atoms with Gasteiger partial charge in [0.15, 0.2) is 0 Å². The molecule has 0 aliphatic heterocycles. The number of unbranched alkanes of at least 4 members (excludes halogenated alkanes) is 2. The van der Waals surface area contributed by atoms with Gasteiger partial charge < -0.3 is 10.2 Å². The molecule has 1 rings (SSSR count). The Kier molecular flexibility index (Phi) is 4.58. The highest BCUT2D eigenvalue weighted by molar-refractivity contribution is 6.15. The molecule has 0 fully saturated rings. The van der Waals surface area contributed by atoms with E-state index in [0.29, 0.717) is 11.1 Å². The first kappa shape index (κ1) is 12.3. The highest BCUT2D eigenvalue weighted by Gasteiger charge is 2.09. The molecule has 16 heavy (non-hydrogen) atoms. The van der Waals surface area contributed by atoms with Gasteiger partial charge in [0.25, 0.3) is 0 Å². The van der Waals surface area contributed by atoms with Crippen LogP contribution in [0.1, 0.15) is 31.7 Å². The Hall–Kier alpha value is -1.77. The molecule has 86 valence electrons. The molecule has 0 radical (unpaired) electrons. The number of phenols is 1. The number of aromatic hydroxyl groups is 1. The van der Waals surface area contributed by atoms with Gasteiger partial charge in [0.2, 0.25) is 0 Å². The van der Waals surface area contributed by atoms with Crippen LogP contribution in [0.2, 0.25) is 0 Å². The lowest BCUT2D eigenvalue weighted by molar-refractivity contribution is -0.130. The molecule has 3 nitrogen and oxygen atoms in total. The first-order valence-corrected chi connectivity index (χ1v) is 5.38. The van der Waals surface area contributed by atoms with Gasteiger partial charge in [0.05, 0.1) is 5.57 Å². The van der Waals surface area contributed by atoms with Crippen molar-refractivity contribution in [2.24, 2.45) is 0 Å². The minimum atomic E-state index is -0.929. The first-order valence-electron chi connectivity index (χ1n) is 5.38. The second kappa shape index (κ2) is 5.95. The van der Waals surface area contributed by atoms with Gasteiger partial charge in [-0.3, -0.25) is 0 Å². The third-order valence-electron chi connectivity index (χ3n) is 2.31. The number of rotatable bonds is 5. The fourth-order valence-corrected chi connectivity index (χ4v) is 1.42. The Morgan fingerprint density at radius 2 is 1.94 bits per heavy atom. The van der Waals surface area contributed by atoms with Gasteiger partial charge in [0, 0.05) is 0 Å². The molecular formula is C13H16O3. The average molecular weight is 220 g/mol. The highest BCUT2D eigenvalue weighted by Crippen LogP contribution is 2.19. The van der Waals surface area contributed by atoms with Crippen molar-refractivity contribution in [3.8, 4) is 5.75 Å². The Labute approximate surface area is 95.0 Å². The number of benzene rings is 1. The summed E-state index contributed by atoms with van der Waals surface area (Å²) < 4.78 is 0. The summed E-state index contributed by atoms with van der Waals surface area (Å²) in [7, 11) is 0. The maximum absolute atomic E-state index is 11.0. The van der Waals surface area contributed by atoms with Crippen molar-refractivity contribution >= 4 is 11.5 Å². The summed E-state index contributed by atoms with van der Waals surface area (Å²) in [5.74, 6) is -0.788. The van der Waals surface area contributed by atoms with Gasteiger partial charge >= 0.3 is 5.97 Å². The van der Waals surface area contributed by atoms with Gasteiger partial charge in [-0.1, -0.05) is 38.0 Å². The molecule has 0 aromatic heterocycles. The second-order valence-electron chi connectivity index (χ2n) is 3.61. The number of aliphatic carboxylic acids is 1. The number of carbonyl (C=O) groups is 1. The molecule has 1 aromatic carbocycles. The Morgan fingerprint density at radius 1 is 1.31 bits per heavy atom. The van der Waals surface area contributed by atoms with Gasteiger partial charge in [-0.05, 0) is 24.1 Å². The quantitative estimate of drug-likeness (QED) is 0.592. The number of carboxylic acids is 1. The zero-order chi connectivity index (χ0) is 12.0. The summed E-state index contributed by atoms with van der Waals surface area (Å²) in [6.45, 7) is 2.06. The number of phenolic OH excluding ortho intramolecular Hbond substituents is 1. The zero-order valence-electron chi connectivity index (χ0n) is 9.31. The van der Waals surface area contributed by atoms with Crippen molar-refractivity contribution < 1.29 is 15.0 Å². The molecule has 2 N–H and O–H groups in total. The van der Waals surface area contributed by atoms with Crippen molar-refractivity contribution in [3.63, 3.8) is 0 Å². The third kappa shape index (κ3) is 3.42. The lowest BCUT2D eigenvalue weighted by Gasteiger charge is -2.03. The van der Waals surface area contributed by atoms with Crippen LogP contribution in [0.25, 0.3) is 5.57 Å². The van der Waals surface area contributed by atoms with E-state index in [2.05, 4.69) is 6.92 Å². The molecule has 3 heteroatoms. The fraction of sp³-hybridized carbons (Fsp3) is 0.308. The smallest absolute Gasteiger partial charge is 0.335 e. The van der Waals surface area contributed by atoms with Gasteiger partial charge in [-0.2, -0.15) is 0 Å². The molecule has 0 bridgehead atoms. The van der Waals surface area contributed by atoms with Crippen molar-refractivity contribution in [1.29, 1.82) is 0 Å². The van der Waals surface area contributed by atoms with E-state index < -0.39 is 5.97 Å². The van der Waals surface area contributed by atoms with Crippen LogP contribution in [0, 0.1) is 0 Å². The largest absolute Gasteiger partial charge is 0.508 e. The van der Waals surface area contributed by atoms with Crippen molar-refractivity contribution in [3.05, 3.63) is 35.9 Å². The molecule has 0 amide bonds. The lowest BCUT2D eigenvalue weighted by atomic mass is 10.0. The van der Waals surface area contributed by atoms with E-state index in [4.69, 9.17) is 10.2 Å². The third-order valence-corrected chi connectivity index (χ3v) is 2.31. The molecule has 0 aliphatic rings. The van der Waals surface area contributed by atoms with E-state index in [1.807, 2.05) is 0 Å². The monoisotopic (exact) mass is 220 g/mol. The molecule has 0 atom stereocenters. The maximum Gasteiger partial charge on any atom is 0.335 e. The van der Waals surface area contributed by atoms with Gasteiger partial charge in [-0.15, -0.1) is 0 Å². The topological polar surface area (TPSA) is 57.5 Å². The summed E-state index contributed by atoms with van der Waals surface area (Å²) in [6.07, 6.45) is 4.52. The fourth-order valence-electron chi connectivity index (χ4n) is 1.42. The molecule has 0 unspecified atom stereocenters. The van der Waals surface area contributed by atoms with Crippen LogP contribution >= 0.6 is 0 Å². The Balaban J connectivity index is 2.89. The highest BCUT2D eigenvalue weighted by atomic mass is 16.4. The normalized spacial score (nSPS) is 11.4. The van der Waals surface area contributed by atoms with E-state index >= 15 is 0 Å². The first-order chi connectivity index (χ1) is 7.65. The average Bonchev–Trinajstić information content (AvgIpc) is 2.26. The van der Waals surface area contributed by atoms with Crippen LogP contribution < -0.4 is 0 Å². The minimum Gasteiger partial charge on any atom is -0.508 e. The molecule has 0 saturated carbocycles. The van der Waals surface area contributed by atoms with E-state index in [0.717, 1.165) is 19.3 Å². The summed E-state index contributed by atoms with van der Waals surface area (Å²) in [4.78, 5) is 11.0. The van der Waals surface area contributed by atoms with Crippen LogP contribution in [0.5, 0.6) is 5.75 Å². The van der Waals surface area contributed by atoms with Crippen molar-refractivity contribution in [1.82, 2.24) is 0 Å². The van der Waals surface area contributed by atoms with Gasteiger partial charge in [0.1, 0.15) is 5.75 Å². The minimum absolute atomic E-state index is 0.141. The second-order valence-corrected chi connectivity index (χ2v) is 3.61. The molecule has 1 aromatic rings. The van der Waals surface area contributed by atoms with Crippen molar-refractivity contribution in [2.75, 3.05) is 0 Å². The molecule has 0 aliphatic carbocycles. The molecule has 0 spiro atoms. The molecule has 0 saturated heterocycles. The lowest BCUT2D eigenvalue weighted by Crippen LogP contribution is -1.99. The maximum atomic E-state index is 11.0. The van der Waals surface area contributed by atoms with E-state index in [1.165, 1.54) is 12.1 Å². The van der Waals surface area contributed by atoms with Crippen LogP contribution in [-0.2, 0) is 4.79 Å². The Bertz CT molecular complexity index is 377. The summed E-state index contributed by atoms with van der Waals surface area (Å²) in [6, 6.07) is 6.21. The summed E-state index contributed by atoms with van der Waals surface area (Å²) in [5, 5.41) is 18.2. The summed E-state index contributed by atoms with van der Waals surface area (Å²) in [5.41, 5.74) is 0.926. The van der Waals surface area contributed by atoms with E-state index in [-0.39, 0.29) is 5.75 Å². The van der Waals surface area contributed by atoms with Crippen LogP contribution in [-0.4, -0.2) is 16.2 Å². The molecule has 0 heterocycles. The predicted molar refractivity (Wildman–Crippen MR) is 63.2 cm³/mol. The molecular weight excluding hydrogens is 204 g/mol. The predicted octanol–water partition coefficient (Wildman–Crippen LogP) is 3.05. The number of carboxylic acid groups (broad SMARTS) is 1. The standard InChI is InChI=1S/C13H16O3/c1-2-3-4-5-12(13(15)16)10-6-8-11(14)9-7-10/h5-9,14H,2-4H2,1H3,(H,15,16). The SMILES string of the molecule is CCCCC=C(C(=O)O)c1ccc(O)cc1. The van der Waals surface area contributed by atoms with Gasteiger partial charge in [-0.25, -0.2) is 4.79 Å². The zero-order valence-corrected chi connectivity index (χ0v) is 9.31. The van der Waals surface area contributed by atoms with Crippen molar-refractivity contribution in [2.45, 2.75) is 26.2 Å². The number of hydrogen-bond acceptors (Lipinski definition) is 2. The van der Waals surface area contributed by atoms with E-state index in [9.17, 15) is 4.79 Å². The van der Waals surface area contributed by atoms with Crippen LogP contribution in [0.3, 0.4) is 0 Å².